The van der Waals surface area contributed by atoms with E-state index in [1.165, 1.54) is 42.5 Å². The first-order valence-corrected chi connectivity index (χ1v) is 13.6. The lowest BCUT2D eigenvalue weighted by atomic mass is 9.93. The van der Waals surface area contributed by atoms with E-state index in [0.29, 0.717) is 30.5 Å². The Morgan fingerprint density at radius 1 is 0.970 bits per heavy atom. The lowest BCUT2D eigenvalue weighted by Gasteiger charge is -2.42. The highest BCUT2D eigenvalue weighted by molar-refractivity contribution is 7.89. The lowest BCUT2D eigenvalue weighted by molar-refractivity contribution is -0.138. The molecule has 2 saturated heterocycles. The monoisotopic (exact) mass is 475 g/mol. The van der Waals surface area contributed by atoms with Crippen molar-refractivity contribution < 1.29 is 17.6 Å². The average molecular weight is 476 g/mol. The Bertz CT molecular complexity index is 1040. The molecule has 0 aromatic carbocycles. The van der Waals surface area contributed by atoms with Gasteiger partial charge in [0.05, 0.1) is 5.92 Å². The van der Waals surface area contributed by atoms with Crippen molar-refractivity contribution in [2.75, 3.05) is 39.3 Å². The largest absolute Gasteiger partial charge is 0.442 e. The van der Waals surface area contributed by atoms with Gasteiger partial charge in [0, 0.05) is 51.5 Å². The number of carbonyl (C=O) groups excluding carboxylic acids is 1. The molecule has 10 heteroatoms. The average Bonchev–Trinajstić information content (AvgIpc) is 3.57. The molecular weight excluding hydrogens is 442 g/mol. The third-order valence-electron chi connectivity index (χ3n) is 7.39. The van der Waals surface area contributed by atoms with Crippen LogP contribution in [0.5, 0.6) is 0 Å². The van der Waals surface area contributed by atoms with Crippen molar-refractivity contribution >= 4 is 15.9 Å². The summed E-state index contributed by atoms with van der Waals surface area (Å²) in [4.78, 5) is 17.8. The van der Waals surface area contributed by atoms with E-state index >= 15 is 0 Å². The fraction of sp³-hybridized carbons (Fsp3) is 0.652. The number of hydrogen-bond donors (Lipinski definition) is 1. The van der Waals surface area contributed by atoms with Crippen LogP contribution in [0.4, 0.5) is 0 Å². The van der Waals surface area contributed by atoms with Gasteiger partial charge in [0.1, 0.15) is 5.69 Å². The zero-order valence-corrected chi connectivity index (χ0v) is 19.8. The number of nitrogens with one attached hydrogen (secondary N) is 1. The van der Waals surface area contributed by atoms with Gasteiger partial charge in [-0.2, -0.15) is 9.40 Å². The molecule has 2 aliphatic heterocycles. The zero-order valence-electron chi connectivity index (χ0n) is 19.0. The third-order valence-corrected chi connectivity index (χ3v) is 9.13. The number of piperidine rings is 1. The van der Waals surface area contributed by atoms with E-state index in [0.717, 1.165) is 32.6 Å². The van der Waals surface area contributed by atoms with E-state index in [-0.39, 0.29) is 23.5 Å². The third kappa shape index (κ3) is 4.74. The molecule has 0 radical (unpaired) electrons. The number of aromatic amines is 1. The minimum absolute atomic E-state index is 0.0933. The van der Waals surface area contributed by atoms with Crippen molar-refractivity contribution in [1.82, 2.24) is 24.3 Å². The van der Waals surface area contributed by atoms with Gasteiger partial charge in [-0.3, -0.25) is 14.8 Å². The van der Waals surface area contributed by atoms with Gasteiger partial charge < -0.3 is 9.32 Å². The van der Waals surface area contributed by atoms with Gasteiger partial charge in [-0.15, -0.1) is 0 Å². The van der Waals surface area contributed by atoms with E-state index < -0.39 is 10.0 Å². The molecule has 0 spiro atoms. The molecule has 0 unspecified atom stereocenters. The minimum Gasteiger partial charge on any atom is -0.442 e. The summed E-state index contributed by atoms with van der Waals surface area (Å²) in [5, 5.41) is 6.55. The summed E-state index contributed by atoms with van der Waals surface area (Å²) in [7, 11) is -3.80. The van der Waals surface area contributed by atoms with Crippen LogP contribution in [0.1, 0.15) is 44.9 Å². The Morgan fingerprint density at radius 3 is 2.48 bits per heavy atom. The fourth-order valence-electron chi connectivity index (χ4n) is 5.50. The standard InChI is InChI=1S/C23H33N5O4S/c29-23(27-15-13-26(14-16-27)19-6-2-1-3-7-19)18-5-4-12-28(17-18)33(30,31)22-9-8-21(32-22)20-10-11-24-25-20/h8-11,18-19H,1-7,12-17H2,(H,24,25)/t18-/m1/s1. The first kappa shape index (κ1) is 22.6. The van der Waals surface area contributed by atoms with Gasteiger partial charge in [0.15, 0.2) is 5.76 Å². The van der Waals surface area contributed by atoms with Crippen LogP contribution in [0.15, 0.2) is 33.9 Å². The van der Waals surface area contributed by atoms with Crippen LogP contribution < -0.4 is 0 Å². The quantitative estimate of drug-likeness (QED) is 0.713. The van der Waals surface area contributed by atoms with E-state index in [9.17, 15) is 13.2 Å². The molecular formula is C23H33N5O4S. The summed E-state index contributed by atoms with van der Waals surface area (Å²) in [5.74, 6) is 0.221. The van der Waals surface area contributed by atoms with Crippen LogP contribution in [0.2, 0.25) is 0 Å². The number of aromatic nitrogens is 2. The van der Waals surface area contributed by atoms with E-state index in [1.807, 2.05) is 4.90 Å². The van der Waals surface area contributed by atoms with Crippen molar-refractivity contribution in [3.63, 3.8) is 0 Å². The molecule has 1 atom stereocenters. The van der Waals surface area contributed by atoms with Gasteiger partial charge in [-0.25, -0.2) is 8.42 Å². The molecule has 3 fully saturated rings. The van der Waals surface area contributed by atoms with Crippen LogP contribution in [-0.4, -0.2) is 83.9 Å². The van der Waals surface area contributed by atoms with Crippen molar-refractivity contribution in [3.8, 4) is 11.5 Å². The summed E-state index contributed by atoms with van der Waals surface area (Å²) in [6, 6.07) is 5.49. The number of carbonyl (C=O) groups is 1. The van der Waals surface area contributed by atoms with Crippen LogP contribution in [0.3, 0.4) is 0 Å². The maximum Gasteiger partial charge on any atom is 0.276 e. The molecule has 180 valence electrons. The number of piperazine rings is 1. The highest BCUT2D eigenvalue weighted by atomic mass is 32.2. The maximum atomic E-state index is 13.3. The van der Waals surface area contributed by atoms with Gasteiger partial charge >= 0.3 is 0 Å². The molecule has 1 aliphatic carbocycles. The van der Waals surface area contributed by atoms with E-state index in [2.05, 4.69) is 15.1 Å². The number of hydrogen-bond acceptors (Lipinski definition) is 6. The predicted octanol–water partition coefficient (Wildman–Crippen LogP) is 2.55. The number of nitrogens with zero attached hydrogens (tertiary/aromatic N) is 4. The topological polar surface area (TPSA) is 103 Å². The highest BCUT2D eigenvalue weighted by Gasteiger charge is 2.37. The SMILES string of the molecule is O=C([C@@H]1CCCN(S(=O)(=O)c2ccc(-c3ccn[nH]3)o2)C1)N1CCN(C2CCCCC2)CC1. The highest BCUT2D eigenvalue weighted by Crippen LogP contribution is 2.29. The number of H-pyrrole nitrogens is 1. The zero-order chi connectivity index (χ0) is 22.8. The van der Waals surface area contributed by atoms with Gasteiger partial charge in [-0.1, -0.05) is 19.3 Å². The van der Waals surface area contributed by atoms with Crippen molar-refractivity contribution in [2.24, 2.45) is 5.92 Å². The molecule has 1 saturated carbocycles. The van der Waals surface area contributed by atoms with Crippen molar-refractivity contribution in [3.05, 3.63) is 24.4 Å². The number of rotatable bonds is 5. The molecule has 5 rings (SSSR count). The van der Waals surface area contributed by atoms with Crippen LogP contribution >= 0.6 is 0 Å². The van der Waals surface area contributed by atoms with Crippen molar-refractivity contribution in [2.45, 2.75) is 56.1 Å². The minimum atomic E-state index is -3.80. The predicted molar refractivity (Wildman–Crippen MR) is 123 cm³/mol. The van der Waals surface area contributed by atoms with Gasteiger partial charge in [0.2, 0.25) is 11.0 Å². The number of furan rings is 1. The summed E-state index contributed by atoms with van der Waals surface area (Å²) < 4.78 is 33.5. The molecule has 3 aliphatic rings. The lowest BCUT2D eigenvalue weighted by Crippen LogP contribution is -2.55. The van der Waals surface area contributed by atoms with Crippen LogP contribution in [-0.2, 0) is 14.8 Å². The maximum absolute atomic E-state index is 13.3. The smallest absolute Gasteiger partial charge is 0.276 e. The molecule has 1 N–H and O–H groups in total. The van der Waals surface area contributed by atoms with Crippen LogP contribution in [0, 0.1) is 5.92 Å². The summed E-state index contributed by atoms with van der Waals surface area (Å²) in [6.07, 6.45) is 9.51. The first-order valence-electron chi connectivity index (χ1n) is 12.1. The molecule has 33 heavy (non-hydrogen) atoms. The Labute approximate surface area is 195 Å². The van der Waals surface area contributed by atoms with Gasteiger partial charge in [0.25, 0.3) is 10.0 Å². The normalized spacial score (nSPS) is 24.2. The molecule has 1 amide bonds. The van der Waals surface area contributed by atoms with Crippen LogP contribution in [0.25, 0.3) is 11.5 Å². The van der Waals surface area contributed by atoms with Gasteiger partial charge in [-0.05, 0) is 43.9 Å². The van der Waals surface area contributed by atoms with E-state index in [4.69, 9.17) is 4.42 Å². The summed E-state index contributed by atoms with van der Waals surface area (Å²) >= 11 is 0. The summed E-state index contributed by atoms with van der Waals surface area (Å²) in [5.41, 5.74) is 0.621. The Kier molecular flexibility index (Phi) is 6.58. The molecule has 0 bridgehead atoms. The number of sulfonamides is 1. The Balaban J connectivity index is 1.20. The Hall–Kier alpha value is -2.17. The second kappa shape index (κ2) is 9.60. The Morgan fingerprint density at radius 2 is 1.76 bits per heavy atom. The summed E-state index contributed by atoms with van der Waals surface area (Å²) in [6.45, 7) is 3.95. The first-order chi connectivity index (χ1) is 16.0. The van der Waals surface area contributed by atoms with E-state index in [1.54, 1.807) is 18.3 Å². The van der Waals surface area contributed by atoms with Crippen molar-refractivity contribution in [1.29, 1.82) is 0 Å². The molecule has 2 aromatic heterocycles. The second-order valence-electron chi connectivity index (χ2n) is 9.44. The second-order valence-corrected chi connectivity index (χ2v) is 11.3. The fourth-order valence-corrected chi connectivity index (χ4v) is 6.93. The molecule has 2 aromatic rings. The number of amides is 1. The molecule has 4 heterocycles. The molecule has 9 nitrogen and oxygen atoms in total.